The molecule has 1 heterocycles. The zero-order valence-electron chi connectivity index (χ0n) is 14.6. The van der Waals surface area contributed by atoms with E-state index in [0.29, 0.717) is 15.9 Å². The van der Waals surface area contributed by atoms with Crippen LogP contribution in [0.4, 0.5) is 14.5 Å². The van der Waals surface area contributed by atoms with Crippen LogP contribution < -0.4 is 4.74 Å². The average molecular weight is 412 g/mol. The number of halogens is 3. The third-order valence-corrected chi connectivity index (χ3v) is 4.26. The van der Waals surface area contributed by atoms with Crippen molar-refractivity contribution in [3.05, 3.63) is 51.6 Å². The molecule has 0 N–H and O–H groups in total. The van der Waals surface area contributed by atoms with Crippen molar-refractivity contribution in [3.8, 4) is 5.88 Å². The van der Waals surface area contributed by atoms with E-state index in [-0.39, 0.29) is 11.4 Å². The number of nitrogens with zero attached hydrogens (tertiary/aromatic N) is 3. The largest absolute Gasteiger partial charge is 0.469 e. The fourth-order valence-corrected chi connectivity index (χ4v) is 2.53. The second kappa shape index (κ2) is 8.38. The van der Waals surface area contributed by atoms with E-state index >= 15 is 0 Å². The first kappa shape index (κ1) is 19.3. The zero-order chi connectivity index (χ0) is 18.6. The lowest BCUT2D eigenvalue weighted by Gasteiger charge is -2.17. The number of hydrogen-bond acceptors (Lipinski definition) is 3. The lowest BCUT2D eigenvalue weighted by molar-refractivity contribution is 0.205. The van der Waals surface area contributed by atoms with Gasteiger partial charge in [0, 0.05) is 13.6 Å². The summed E-state index contributed by atoms with van der Waals surface area (Å²) in [5.74, 6) is -1.04. The molecule has 0 spiro atoms. The molecule has 0 radical (unpaired) electrons. The van der Waals surface area contributed by atoms with Crippen molar-refractivity contribution in [1.29, 1.82) is 0 Å². The molecule has 1 atom stereocenters. The monoisotopic (exact) mass is 411 g/mol. The summed E-state index contributed by atoms with van der Waals surface area (Å²) in [6, 6.07) is 5.49. The summed E-state index contributed by atoms with van der Waals surface area (Å²) in [6.07, 6.45) is 0.888. The molecule has 0 fully saturated rings. The van der Waals surface area contributed by atoms with Crippen LogP contribution in [0.3, 0.4) is 0 Å². The molecule has 0 aliphatic heterocycles. The van der Waals surface area contributed by atoms with Crippen LogP contribution in [0.5, 0.6) is 5.88 Å². The maximum absolute atomic E-state index is 13.9. The molecule has 7 heteroatoms. The Morgan fingerprint density at radius 2 is 2.00 bits per heavy atom. The Morgan fingerprint density at radius 3 is 2.60 bits per heavy atom. The summed E-state index contributed by atoms with van der Waals surface area (Å²) in [4.78, 5) is 10.7. The van der Waals surface area contributed by atoms with E-state index in [9.17, 15) is 8.78 Å². The third-order valence-electron chi connectivity index (χ3n) is 3.70. The van der Waals surface area contributed by atoms with Gasteiger partial charge in [0.15, 0.2) is 0 Å². The highest BCUT2D eigenvalue weighted by Crippen LogP contribution is 2.33. The van der Waals surface area contributed by atoms with E-state index in [1.807, 2.05) is 18.9 Å². The van der Waals surface area contributed by atoms with Crippen molar-refractivity contribution >= 4 is 28.0 Å². The number of hydrogen-bond donors (Lipinski definition) is 0. The number of aliphatic imine (C=N–C) groups is 1. The molecular formula is C18H20BrF2N3O. The summed E-state index contributed by atoms with van der Waals surface area (Å²) in [7, 11) is 1.92. The Balaban J connectivity index is 2.26. The molecule has 1 aromatic carbocycles. The molecule has 25 heavy (non-hydrogen) atoms. The standard InChI is InChI=1S/C18H20BrF2N3O/c1-5-24(4)10-22-16-9-13(19)18(23-11(16)2)25-12(3)17-14(20)7-6-8-15(17)21/h6-10,12H,5H2,1-4H3. The summed E-state index contributed by atoms with van der Waals surface area (Å²) < 4.78 is 34.0. The smallest absolute Gasteiger partial charge is 0.228 e. The van der Waals surface area contributed by atoms with Crippen molar-refractivity contribution in [2.45, 2.75) is 26.9 Å². The molecule has 1 aromatic heterocycles. The van der Waals surface area contributed by atoms with Crippen LogP contribution in [0.15, 0.2) is 33.7 Å². The number of aryl methyl sites for hydroxylation is 1. The van der Waals surface area contributed by atoms with Crippen molar-refractivity contribution in [2.75, 3.05) is 13.6 Å². The lowest BCUT2D eigenvalue weighted by atomic mass is 10.1. The van der Waals surface area contributed by atoms with Gasteiger partial charge in [0.2, 0.25) is 5.88 Å². The number of ether oxygens (including phenoxy) is 1. The van der Waals surface area contributed by atoms with Crippen LogP contribution >= 0.6 is 15.9 Å². The fraction of sp³-hybridized carbons (Fsp3) is 0.333. The predicted octanol–water partition coefficient (Wildman–Crippen LogP) is 5.18. The van der Waals surface area contributed by atoms with Gasteiger partial charge < -0.3 is 9.64 Å². The van der Waals surface area contributed by atoms with Gasteiger partial charge in [0.1, 0.15) is 17.7 Å². The van der Waals surface area contributed by atoms with Crippen molar-refractivity contribution in [3.63, 3.8) is 0 Å². The topological polar surface area (TPSA) is 37.7 Å². The van der Waals surface area contributed by atoms with Crippen molar-refractivity contribution < 1.29 is 13.5 Å². The first-order chi connectivity index (χ1) is 11.8. The molecule has 0 aliphatic carbocycles. The highest BCUT2D eigenvalue weighted by molar-refractivity contribution is 9.10. The van der Waals surface area contributed by atoms with Crippen LogP contribution in [0, 0.1) is 18.6 Å². The molecule has 0 bridgehead atoms. The Bertz CT molecular complexity index is 763. The van der Waals surface area contributed by atoms with E-state index in [1.54, 1.807) is 26.3 Å². The Labute approximate surface area is 154 Å². The number of benzene rings is 1. The first-order valence-corrected chi connectivity index (χ1v) is 8.64. The van der Waals surface area contributed by atoms with Crippen LogP contribution in [0.25, 0.3) is 0 Å². The maximum atomic E-state index is 13.9. The van der Waals surface area contributed by atoms with Crippen LogP contribution in [0.2, 0.25) is 0 Å². The van der Waals surface area contributed by atoms with E-state index in [4.69, 9.17) is 4.74 Å². The van der Waals surface area contributed by atoms with Gasteiger partial charge in [-0.15, -0.1) is 0 Å². The van der Waals surface area contributed by atoms with Gasteiger partial charge in [-0.2, -0.15) is 0 Å². The van der Waals surface area contributed by atoms with E-state index in [1.165, 1.54) is 18.2 Å². The molecule has 0 amide bonds. The minimum absolute atomic E-state index is 0.125. The molecular weight excluding hydrogens is 392 g/mol. The Kier molecular flexibility index (Phi) is 6.47. The van der Waals surface area contributed by atoms with E-state index in [0.717, 1.165) is 6.54 Å². The van der Waals surface area contributed by atoms with Gasteiger partial charge in [-0.3, -0.25) is 0 Å². The molecule has 134 valence electrons. The summed E-state index contributed by atoms with van der Waals surface area (Å²) in [6.45, 7) is 6.23. The van der Waals surface area contributed by atoms with Crippen molar-refractivity contribution in [1.82, 2.24) is 9.88 Å². The number of rotatable bonds is 6. The second-order valence-corrected chi connectivity index (χ2v) is 6.45. The maximum Gasteiger partial charge on any atom is 0.228 e. The summed E-state index contributed by atoms with van der Waals surface area (Å²) in [5.41, 5.74) is 1.21. The number of aromatic nitrogens is 1. The van der Waals surface area contributed by atoms with Gasteiger partial charge in [0.05, 0.1) is 27.8 Å². The highest BCUT2D eigenvalue weighted by atomic mass is 79.9. The molecule has 0 saturated carbocycles. The first-order valence-electron chi connectivity index (χ1n) is 7.85. The SMILES string of the molecule is CCN(C)C=Nc1cc(Br)c(OC(C)c2c(F)cccc2F)nc1C. The van der Waals surface area contributed by atoms with E-state index < -0.39 is 17.7 Å². The normalized spacial score (nSPS) is 12.4. The van der Waals surface area contributed by atoms with Gasteiger partial charge in [0.25, 0.3) is 0 Å². The highest BCUT2D eigenvalue weighted by Gasteiger charge is 2.19. The van der Waals surface area contributed by atoms with Crippen LogP contribution in [-0.4, -0.2) is 29.8 Å². The molecule has 2 aromatic rings. The minimum atomic E-state index is -0.829. The molecule has 2 rings (SSSR count). The quantitative estimate of drug-likeness (QED) is 0.485. The van der Waals surface area contributed by atoms with Crippen LogP contribution in [-0.2, 0) is 0 Å². The lowest BCUT2D eigenvalue weighted by Crippen LogP contribution is -2.14. The number of pyridine rings is 1. The van der Waals surface area contributed by atoms with Gasteiger partial charge in [-0.05, 0) is 54.9 Å². The minimum Gasteiger partial charge on any atom is -0.469 e. The molecule has 4 nitrogen and oxygen atoms in total. The second-order valence-electron chi connectivity index (χ2n) is 5.59. The molecule has 0 saturated heterocycles. The molecule has 0 aliphatic rings. The predicted molar refractivity (Wildman–Crippen MR) is 98.5 cm³/mol. The third kappa shape index (κ3) is 4.75. The Morgan fingerprint density at radius 1 is 1.36 bits per heavy atom. The van der Waals surface area contributed by atoms with Gasteiger partial charge >= 0.3 is 0 Å². The summed E-state index contributed by atoms with van der Waals surface area (Å²) >= 11 is 3.38. The van der Waals surface area contributed by atoms with Gasteiger partial charge in [-0.1, -0.05) is 6.07 Å². The zero-order valence-corrected chi connectivity index (χ0v) is 16.1. The van der Waals surface area contributed by atoms with Crippen LogP contribution in [0.1, 0.15) is 31.2 Å². The Hall–Kier alpha value is -2.02. The van der Waals surface area contributed by atoms with Gasteiger partial charge in [-0.25, -0.2) is 18.8 Å². The average Bonchev–Trinajstić information content (AvgIpc) is 2.56. The molecule has 1 unspecified atom stereocenters. The fourth-order valence-electron chi connectivity index (χ4n) is 2.13. The van der Waals surface area contributed by atoms with Crippen molar-refractivity contribution in [2.24, 2.45) is 4.99 Å². The van der Waals surface area contributed by atoms with E-state index in [2.05, 4.69) is 25.9 Å². The summed E-state index contributed by atoms with van der Waals surface area (Å²) in [5, 5.41) is 0.